The second-order valence-corrected chi connectivity index (χ2v) is 4.58. The SMILES string of the molecule is CC(=O)N1C=CCNC2=C1C(=O)c1ccccc1C2=O. The van der Waals surface area contributed by atoms with Crippen molar-refractivity contribution in [2.75, 3.05) is 6.54 Å². The van der Waals surface area contributed by atoms with Crippen molar-refractivity contribution in [3.8, 4) is 0 Å². The Labute approximate surface area is 115 Å². The first kappa shape index (κ1) is 12.3. The minimum Gasteiger partial charge on any atom is -0.377 e. The average molecular weight is 268 g/mol. The molecule has 1 aliphatic carbocycles. The Morgan fingerprint density at radius 3 is 2.45 bits per heavy atom. The van der Waals surface area contributed by atoms with Crippen LogP contribution in [0.4, 0.5) is 0 Å². The molecule has 3 rings (SSSR count). The van der Waals surface area contributed by atoms with Crippen LogP contribution in [0.5, 0.6) is 0 Å². The van der Waals surface area contributed by atoms with Crippen molar-refractivity contribution in [1.29, 1.82) is 0 Å². The van der Waals surface area contributed by atoms with Gasteiger partial charge in [-0.15, -0.1) is 0 Å². The Morgan fingerprint density at radius 1 is 1.15 bits per heavy atom. The van der Waals surface area contributed by atoms with Crippen molar-refractivity contribution < 1.29 is 14.4 Å². The first-order valence-electron chi connectivity index (χ1n) is 6.24. The third-order valence-electron chi connectivity index (χ3n) is 3.33. The number of Topliss-reactive ketones (excluding diaryl/α,β-unsaturated/α-hetero) is 2. The predicted molar refractivity (Wildman–Crippen MR) is 71.8 cm³/mol. The predicted octanol–water partition coefficient (Wildman–Crippen LogP) is 1.24. The van der Waals surface area contributed by atoms with E-state index in [2.05, 4.69) is 5.32 Å². The molecular weight excluding hydrogens is 256 g/mol. The summed E-state index contributed by atoms with van der Waals surface area (Å²) in [5, 5.41) is 2.92. The third-order valence-corrected chi connectivity index (χ3v) is 3.33. The number of rotatable bonds is 0. The highest BCUT2D eigenvalue weighted by molar-refractivity contribution is 6.27. The van der Waals surface area contributed by atoms with E-state index in [-0.39, 0.29) is 28.9 Å². The maximum absolute atomic E-state index is 12.6. The molecule has 0 radical (unpaired) electrons. The molecule has 100 valence electrons. The van der Waals surface area contributed by atoms with Crippen LogP contribution in [0.15, 0.2) is 47.9 Å². The van der Waals surface area contributed by atoms with E-state index < -0.39 is 0 Å². The molecule has 0 saturated carbocycles. The van der Waals surface area contributed by atoms with Gasteiger partial charge in [0.25, 0.3) is 0 Å². The van der Waals surface area contributed by atoms with E-state index in [1.165, 1.54) is 18.0 Å². The zero-order valence-electron chi connectivity index (χ0n) is 10.8. The largest absolute Gasteiger partial charge is 0.377 e. The lowest BCUT2D eigenvalue weighted by Crippen LogP contribution is -2.36. The zero-order chi connectivity index (χ0) is 14.3. The smallest absolute Gasteiger partial charge is 0.228 e. The highest BCUT2D eigenvalue weighted by atomic mass is 16.2. The lowest BCUT2D eigenvalue weighted by atomic mass is 9.90. The number of carbonyl (C=O) groups excluding carboxylic acids is 3. The summed E-state index contributed by atoms with van der Waals surface area (Å²) < 4.78 is 0. The molecule has 0 spiro atoms. The van der Waals surface area contributed by atoms with Gasteiger partial charge in [-0.1, -0.05) is 24.3 Å². The summed E-state index contributed by atoms with van der Waals surface area (Å²) >= 11 is 0. The van der Waals surface area contributed by atoms with Gasteiger partial charge in [0.1, 0.15) is 11.4 Å². The van der Waals surface area contributed by atoms with Gasteiger partial charge in [-0.05, 0) is 6.08 Å². The number of hydrogen-bond acceptors (Lipinski definition) is 4. The third kappa shape index (κ3) is 1.67. The Balaban J connectivity index is 2.24. The standard InChI is InChI=1S/C15H12N2O3/c1-9(18)17-8-4-7-16-12-13(17)15(20)11-6-3-2-5-10(11)14(12)19/h2-6,8,16H,7H2,1H3. The zero-order valence-corrected chi connectivity index (χ0v) is 10.8. The molecule has 1 N–H and O–H groups in total. The minimum atomic E-state index is -0.315. The maximum Gasteiger partial charge on any atom is 0.228 e. The van der Waals surface area contributed by atoms with E-state index in [0.29, 0.717) is 17.7 Å². The van der Waals surface area contributed by atoms with E-state index in [1.807, 2.05) is 0 Å². The van der Waals surface area contributed by atoms with Crippen molar-refractivity contribution in [1.82, 2.24) is 10.2 Å². The number of carbonyl (C=O) groups is 3. The summed E-state index contributed by atoms with van der Waals surface area (Å²) in [6.45, 7) is 1.75. The highest BCUT2D eigenvalue weighted by Gasteiger charge is 2.36. The van der Waals surface area contributed by atoms with E-state index in [4.69, 9.17) is 0 Å². The van der Waals surface area contributed by atoms with Gasteiger partial charge in [-0.2, -0.15) is 0 Å². The van der Waals surface area contributed by atoms with Crippen molar-refractivity contribution in [2.45, 2.75) is 6.92 Å². The first-order valence-corrected chi connectivity index (χ1v) is 6.24. The molecule has 0 aromatic heterocycles. The minimum absolute atomic E-state index is 0.106. The average Bonchev–Trinajstić information content (AvgIpc) is 2.67. The van der Waals surface area contributed by atoms with E-state index in [0.717, 1.165) is 0 Å². The summed E-state index contributed by atoms with van der Waals surface area (Å²) in [6.07, 6.45) is 3.22. The molecule has 0 bridgehead atoms. The number of allylic oxidation sites excluding steroid dienone is 2. The number of fused-ring (bicyclic) bond motifs is 1. The van der Waals surface area contributed by atoms with Gasteiger partial charge in [0.2, 0.25) is 17.5 Å². The molecule has 1 amide bonds. The Hall–Kier alpha value is -2.69. The number of amides is 1. The summed E-state index contributed by atoms with van der Waals surface area (Å²) in [7, 11) is 0. The molecule has 5 heteroatoms. The fraction of sp³-hybridized carbons (Fsp3) is 0.133. The van der Waals surface area contributed by atoms with Crippen LogP contribution in [0.3, 0.4) is 0 Å². The maximum atomic E-state index is 12.6. The molecule has 1 aliphatic heterocycles. The molecule has 1 aromatic carbocycles. The van der Waals surface area contributed by atoms with E-state index in [9.17, 15) is 14.4 Å². The summed E-state index contributed by atoms with van der Waals surface area (Å²) in [5.41, 5.74) is 0.998. The molecule has 20 heavy (non-hydrogen) atoms. The van der Waals surface area contributed by atoms with Gasteiger partial charge in [0.15, 0.2) is 0 Å². The molecule has 2 aliphatic rings. The van der Waals surface area contributed by atoms with Crippen molar-refractivity contribution >= 4 is 17.5 Å². The molecule has 0 unspecified atom stereocenters. The lowest BCUT2D eigenvalue weighted by molar-refractivity contribution is -0.124. The van der Waals surface area contributed by atoms with Gasteiger partial charge in [-0.25, -0.2) is 0 Å². The first-order chi connectivity index (χ1) is 9.61. The van der Waals surface area contributed by atoms with Crippen LogP contribution in [0.1, 0.15) is 27.6 Å². The van der Waals surface area contributed by atoms with Crippen molar-refractivity contribution in [3.05, 3.63) is 59.1 Å². The van der Waals surface area contributed by atoms with Gasteiger partial charge >= 0.3 is 0 Å². The highest BCUT2D eigenvalue weighted by Crippen LogP contribution is 2.28. The molecule has 5 nitrogen and oxygen atoms in total. The van der Waals surface area contributed by atoms with Crippen molar-refractivity contribution in [3.63, 3.8) is 0 Å². The number of ketones is 2. The number of hydrogen-bond donors (Lipinski definition) is 1. The normalized spacial score (nSPS) is 17.4. The monoisotopic (exact) mass is 268 g/mol. The van der Waals surface area contributed by atoms with E-state index in [1.54, 1.807) is 30.3 Å². The quantitative estimate of drug-likeness (QED) is 0.769. The van der Waals surface area contributed by atoms with Crippen LogP contribution in [-0.4, -0.2) is 28.9 Å². The van der Waals surface area contributed by atoms with E-state index >= 15 is 0 Å². The van der Waals surface area contributed by atoms with Crippen LogP contribution in [0, 0.1) is 0 Å². The van der Waals surface area contributed by atoms with Crippen LogP contribution in [-0.2, 0) is 4.79 Å². The topological polar surface area (TPSA) is 66.5 Å². The molecule has 0 fully saturated rings. The Morgan fingerprint density at radius 2 is 1.80 bits per heavy atom. The number of nitrogens with zero attached hydrogens (tertiary/aromatic N) is 1. The number of nitrogens with one attached hydrogen (secondary N) is 1. The van der Waals surface area contributed by atoms with Crippen LogP contribution in [0.2, 0.25) is 0 Å². The lowest BCUT2D eigenvalue weighted by Gasteiger charge is -2.25. The number of benzene rings is 1. The second-order valence-electron chi connectivity index (χ2n) is 4.58. The Bertz CT molecular complexity index is 701. The van der Waals surface area contributed by atoms with Gasteiger partial charge in [0, 0.05) is 30.8 Å². The van der Waals surface area contributed by atoms with Crippen molar-refractivity contribution in [2.24, 2.45) is 0 Å². The van der Waals surface area contributed by atoms with Crippen LogP contribution < -0.4 is 5.32 Å². The van der Waals surface area contributed by atoms with Gasteiger partial charge in [-0.3, -0.25) is 19.3 Å². The summed E-state index contributed by atoms with van der Waals surface area (Å²) in [5.74, 6) is -0.882. The second kappa shape index (κ2) is 4.45. The fourth-order valence-corrected chi connectivity index (χ4v) is 2.41. The summed E-state index contributed by atoms with van der Waals surface area (Å²) in [6, 6.07) is 6.64. The molecule has 0 saturated heterocycles. The van der Waals surface area contributed by atoms with Gasteiger partial charge < -0.3 is 5.32 Å². The molecule has 0 atom stereocenters. The fourth-order valence-electron chi connectivity index (χ4n) is 2.41. The molecular formula is C15H12N2O3. The van der Waals surface area contributed by atoms with Crippen LogP contribution in [0.25, 0.3) is 0 Å². The van der Waals surface area contributed by atoms with Gasteiger partial charge in [0.05, 0.1) is 0 Å². The molecule has 1 aromatic rings. The summed E-state index contributed by atoms with van der Waals surface area (Å²) in [4.78, 5) is 38.0. The molecule has 1 heterocycles. The van der Waals surface area contributed by atoms with Crippen LogP contribution >= 0.6 is 0 Å². The Kier molecular flexibility index (Phi) is 2.75.